The second kappa shape index (κ2) is 37.2. The SMILES string of the molecule is CC1(C)c2ccccc2-c2ccc(N(c3ccccc3)c3ccc4c(c3)sc3ccc(N(c5ccccc5)c5ccc6sc7ccc(N(c8ccccc8)c8ccc9ccccc9c8)cc7c6c5)cc34)cc21.c1ccc(-c2ccc(N(c3ccc4sc5ccc(N(c6ccccc6)c6ccccc6)cc5c4c3)c3ccc4sc5cc(N(c6ccccc6)c6ccccc6)c6ccccc6c5c4c3)cc2-c2ccccc2)cc1. The summed E-state index contributed by atoms with van der Waals surface area (Å²) in [5.41, 5.74) is 30.3. The number of nitrogens with zero attached hydrogens (tertiary/aromatic N) is 6. The summed E-state index contributed by atoms with van der Waals surface area (Å²) in [6.07, 6.45) is 0. The average Bonchev–Trinajstić information content (AvgIpc) is 1.60. The van der Waals surface area contributed by atoms with Crippen LogP contribution in [0, 0.1) is 0 Å². The van der Waals surface area contributed by atoms with Gasteiger partial charge in [-0.05, 0) is 309 Å². The molecule has 0 amide bonds. The van der Waals surface area contributed by atoms with Crippen molar-refractivity contribution in [1.29, 1.82) is 0 Å². The molecule has 0 bridgehead atoms. The van der Waals surface area contributed by atoms with E-state index in [0.717, 1.165) is 102 Å². The zero-order valence-electron chi connectivity index (χ0n) is 80.6. The van der Waals surface area contributed by atoms with Crippen LogP contribution in [0.5, 0.6) is 0 Å². The van der Waals surface area contributed by atoms with Gasteiger partial charge in [0, 0.05) is 188 Å². The third-order valence-corrected chi connectivity index (χ3v) is 33.7. The van der Waals surface area contributed by atoms with Gasteiger partial charge < -0.3 is 29.4 Å². The molecule has 0 spiro atoms. The van der Waals surface area contributed by atoms with E-state index in [1.54, 1.807) is 0 Å². The van der Waals surface area contributed by atoms with E-state index in [4.69, 9.17) is 0 Å². The van der Waals surface area contributed by atoms with Crippen LogP contribution in [0.25, 0.3) is 136 Å². The molecule has 4 heterocycles. The Morgan fingerprint density at radius 3 is 0.905 bits per heavy atom. The monoisotopic (exact) mass is 1950 g/mol. The predicted molar refractivity (Wildman–Crippen MR) is 636 cm³/mol. The third-order valence-electron chi connectivity index (χ3n) is 29.1. The quantitative estimate of drug-likeness (QED) is 0.0752. The molecule has 23 aromatic carbocycles. The largest absolute Gasteiger partial charge is 0.310 e. The van der Waals surface area contributed by atoms with Crippen molar-refractivity contribution in [2.45, 2.75) is 19.3 Å². The maximum atomic E-state index is 2.47. The highest BCUT2D eigenvalue weighted by Crippen LogP contribution is 2.56. The summed E-state index contributed by atoms with van der Waals surface area (Å²) in [4.78, 5) is 14.4. The van der Waals surface area contributed by atoms with Gasteiger partial charge in [0.1, 0.15) is 0 Å². The number of rotatable bonds is 20. The van der Waals surface area contributed by atoms with Crippen LogP contribution >= 0.6 is 45.3 Å². The fourth-order valence-corrected chi connectivity index (χ4v) is 26.7. The van der Waals surface area contributed by atoms with Crippen LogP contribution in [-0.2, 0) is 5.41 Å². The molecule has 0 unspecified atom stereocenters. The zero-order valence-corrected chi connectivity index (χ0v) is 83.9. The zero-order chi connectivity index (χ0) is 97.6. The first-order valence-electron chi connectivity index (χ1n) is 50.0. The van der Waals surface area contributed by atoms with Gasteiger partial charge in [0.15, 0.2) is 0 Å². The van der Waals surface area contributed by atoms with Crippen LogP contribution in [-0.4, -0.2) is 0 Å². The van der Waals surface area contributed by atoms with Crippen LogP contribution in [0.1, 0.15) is 25.0 Å². The molecule has 10 heteroatoms. The maximum absolute atomic E-state index is 2.47. The molecule has 0 saturated heterocycles. The molecule has 4 aromatic heterocycles. The topological polar surface area (TPSA) is 19.4 Å². The second-order valence-corrected chi connectivity index (χ2v) is 42.6. The Morgan fingerprint density at radius 1 is 0.150 bits per heavy atom. The molecule has 6 nitrogen and oxygen atoms in total. The molecule has 0 atom stereocenters. The molecular formula is C137H94N6S4. The van der Waals surface area contributed by atoms with Crippen molar-refractivity contribution in [2.24, 2.45) is 0 Å². The van der Waals surface area contributed by atoms with Gasteiger partial charge >= 0.3 is 0 Å². The van der Waals surface area contributed by atoms with Crippen molar-refractivity contribution < 1.29 is 0 Å². The molecule has 28 rings (SSSR count). The molecule has 0 fully saturated rings. The van der Waals surface area contributed by atoms with E-state index in [9.17, 15) is 0 Å². The second-order valence-electron chi connectivity index (χ2n) is 38.2. The lowest BCUT2D eigenvalue weighted by Gasteiger charge is -2.28. The molecule has 0 radical (unpaired) electrons. The van der Waals surface area contributed by atoms with Crippen molar-refractivity contribution in [3.63, 3.8) is 0 Å². The summed E-state index contributed by atoms with van der Waals surface area (Å²) < 4.78 is 10.1. The first-order valence-corrected chi connectivity index (χ1v) is 53.3. The Hall–Kier alpha value is -17.7. The van der Waals surface area contributed by atoms with Gasteiger partial charge in [0.25, 0.3) is 0 Å². The Morgan fingerprint density at radius 2 is 0.442 bits per heavy atom. The smallest absolute Gasteiger partial charge is 0.0554 e. The molecule has 27 aromatic rings. The minimum Gasteiger partial charge on any atom is -0.310 e. The predicted octanol–water partition coefficient (Wildman–Crippen LogP) is 41.6. The van der Waals surface area contributed by atoms with E-state index in [1.807, 2.05) is 45.3 Å². The summed E-state index contributed by atoms with van der Waals surface area (Å²) in [6.45, 7) is 4.72. The lowest BCUT2D eigenvalue weighted by molar-refractivity contribution is 0.660. The molecule has 0 aliphatic heterocycles. The van der Waals surface area contributed by atoms with Crippen LogP contribution in [0.3, 0.4) is 0 Å². The maximum Gasteiger partial charge on any atom is 0.0554 e. The van der Waals surface area contributed by atoms with E-state index in [0.29, 0.717) is 0 Å². The summed E-state index contributed by atoms with van der Waals surface area (Å²) in [5.74, 6) is 0. The van der Waals surface area contributed by atoms with Gasteiger partial charge in [-0.2, -0.15) is 0 Å². The van der Waals surface area contributed by atoms with E-state index >= 15 is 0 Å². The van der Waals surface area contributed by atoms with Crippen molar-refractivity contribution in [2.75, 3.05) is 29.4 Å². The van der Waals surface area contributed by atoms with Gasteiger partial charge in [0.2, 0.25) is 0 Å². The fraction of sp³-hybridized carbons (Fsp3) is 0.0219. The number of fused-ring (bicyclic) bond motifs is 18. The molecule has 696 valence electrons. The standard InChI is InChI=1S/C70H47N3S2.C67H47N3S2/c1-7-21-48(22-8-1)58-39-35-54(43-61(58)49-23-9-2-10-24-49)72(56-37-41-67-63(45-56)62-44-55(36-40-66(62)74-67)71(50-25-11-3-12-26-50)51-27-13-4-14-28-51)57-38-42-68-64(46-57)70-60-34-20-19-33-59(60)65(47-69(70)75-68)73(52-29-15-5-16-30-52)53-31-17-6-18-32-53;1-67(2)61-25-15-14-24-55(61)56-33-28-53(42-62(56)67)70(48-22-10-5-11-23-48)54-29-34-57-58-39-50(30-35-63(58)72-66(57)43-54)69(47-20-8-4-9-21-47)52-32-37-65-60(41-52)59-40-51(31-36-64(59)71-65)68(46-18-6-3-7-19-46)49-27-26-44-16-12-13-17-45(44)38-49/h1-47H;3-43H,1-2H3. The Bertz CT molecular complexity index is 9600. The van der Waals surface area contributed by atoms with Crippen molar-refractivity contribution >= 4 is 250 Å². The van der Waals surface area contributed by atoms with Crippen molar-refractivity contribution in [1.82, 2.24) is 0 Å². The number of para-hydroxylation sites is 7. The van der Waals surface area contributed by atoms with Crippen LogP contribution in [0.2, 0.25) is 0 Å². The van der Waals surface area contributed by atoms with Gasteiger partial charge in [-0.3, -0.25) is 0 Å². The van der Waals surface area contributed by atoms with E-state index in [-0.39, 0.29) is 5.41 Å². The number of benzene rings is 23. The number of anilines is 18. The number of thiophene rings is 4. The van der Waals surface area contributed by atoms with Gasteiger partial charge in [-0.25, -0.2) is 0 Å². The van der Waals surface area contributed by atoms with E-state index < -0.39 is 0 Å². The summed E-state index contributed by atoms with van der Waals surface area (Å²) in [7, 11) is 0. The first-order chi connectivity index (χ1) is 72.6. The molecule has 0 N–H and O–H groups in total. The van der Waals surface area contributed by atoms with Gasteiger partial charge in [0.05, 0.1) is 5.69 Å². The van der Waals surface area contributed by atoms with Crippen LogP contribution in [0.4, 0.5) is 102 Å². The highest BCUT2D eigenvalue weighted by atomic mass is 32.1. The molecule has 147 heavy (non-hydrogen) atoms. The van der Waals surface area contributed by atoms with Crippen molar-refractivity contribution in [3.05, 3.63) is 545 Å². The van der Waals surface area contributed by atoms with Crippen LogP contribution < -0.4 is 29.4 Å². The molecule has 1 aliphatic carbocycles. The molecule has 1 aliphatic rings. The summed E-state index contributed by atoms with van der Waals surface area (Å²) in [5, 5.41) is 14.9. The molecule has 0 saturated carbocycles. The minimum atomic E-state index is -0.0960. The lowest BCUT2D eigenvalue weighted by Crippen LogP contribution is -2.16. The van der Waals surface area contributed by atoms with Crippen molar-refractivity contribution in [3.8, 4) is 33.4 Å². The average molecular weight is 1950 g/mol. The third kappa shape index (κ3) is 16.0. The Labute approximate surface area is 869 Å². The van der Waals surface area contributed by atoms with Gasteiger partial charge in [-0.1, -0.05) is 299 Å². The summed E-state index contributed by atoms with van der Waals surface area (Å²) >= 11 is 7.44. The fourth-order valence-electron chi connectivity index (χ4n) is 22.3. The first kappa shape index (κ1) is 88.2. The van der Waals surface area contributed by atoms with E-state index in [1.165, 1.54) is 147 Å². The summed E-state index contributed by atoms with van der Waals surface area (Å²) in [6, 6.07) is 195. The highest BCUT2D eigenvalue weighted by molar-refractivity contribution is 7.27. The van der Waals surface area contributed by atoms with Gasteiger partial charge in [-0.15, -0.1) is 45.3 Å². The number of hydrogen-bond donors (Lipinski definition) is 0. The number of hydrogen-bond acceptors (Lipinski definition) is 10. The highest BCUT2D eigenvalue weighted by Gasteiger charge is 2.37. The van der Waals surface area contributed by atoms with Crippen LogP contribution in [0.15, 0.2) is 534 Å². The normalized spacial score (nSPS) is 12.1. The van der Waals surface area contributed by atoms with E-state index in [2.05, 4.69) is 577 Å². The lowest BCUT2D eigenvalue weighted by atomic mass is 9.82. The minimum absolute atomic E-state index is 0.0960. The molecular weight excluding hydrogens is 1860 g/mol. The Kier molecular flexibility index (Phi) is 22.3. The Balaban J connectivity index is 0.000000146.